The topological polar surface area (TPSA) is 71.2 Å². The number of carbonyl (C=O) groups is 1. The Labute approximate surface area is 164 Å². The predicted octanol–water partition coefficient (Wildman–Crippen LogP) is 3.35. The summed E-state index contributed by atoms with van der Waals surface area (Å²) in [7, 11) is 0. The second-order valence-electron chi connectivity index (χ2n) is 6.55. The molecule has 0 saturated carbocycles. The third kappa shape index (κ3) is 3.30. The first-order valence-corrected chi connectivity index (χ1v) is 9.45. The predicted molar refractivity (Wildman–Crippen MR) is 107 cm³/mol. The second-order valence-corrected chi connectivity index (χ2v) is 7.58. The molecule has 1 aliphatic rings. The lowest BCUT2D eigenvalue weighted by molar-refractivity contribution is 0.101. The summed E-state index contributed by atoms with van der Waals surface area (Å²) >= 11 is 1.18. The van der Waals surface area contributed by atoms with Crippen LogP contribution in [0, 0.1) is 24.0 Å². The Hall–Kier alpha value is -3.02. The van der Waals surface area contributed by atoms with Gasteiger partial charge in [0.15, 0.2) is 5.13 Å². The van der Waals surface area contributed by atoms with Crippen LogP contribution in [0.1, 0.15) is 22.3 Å². The van der Waals surface area contributed by atoms with Gasteiger partial charge in [-0.25, -0.2) is 13.8 Å². The molecule has 0 aliphatic carbocycles. The molecule has 1 aliphatic heterocycles. The van der Waals surface area contributed by atoms with E-state index in [0.717, 1.165) is 23.3 Å². The van der Waals surface area contributed by atoms with Crippen molar-refractivity contribution in [3.05, 3.63) is 53.1 Å². The highest BCUT2D eigenvalue weighted by Crippen LogP contribution is 2.30. The monoisotopic (exact) mass is 398 g/mol. The maximum absolute atomic E-state index is 14.5. The molecule has 1 aromatic heterocycles. The molecule has 3 aromatic rings. The van der Waals surface area contributed by atoms with Gasteiger partial charge in [-0.05, 0) is 30.7 Å². The van der Waals surface area contributed by atoms with Crippen LogP contribution < -0.4 is 16.0 Å². The number of rotatable bonds is 3. The summed E-state index contributed by atoms with van der Waals surface area (Å²) in [5, 5.41) is 2.68. The second kappa shape index (κ2) is 7.19. The average molecular weight is 398 g/mol. The van der Waals surface area contributed by atoms with E-state index >= 15 is 0 Å². The van der Waals surface area contributed by atoms with Crippen molar-refractivity contribution in [2.24, 2.45) is 5.73 Å². The number of fused-ring (bicyclic) bond motifs is 1. The van der Waals surface area contributed by atoms with Crippen LogP contribution in [0.4, 0.5) is 19.6 Å². The highest BCUT2D eigenvalue weighted by molar-refractivity contribution is 7.22. The Morgan fingerprint density at radius 3 is 2.75 bits per heavy atom. The number of para-hydroxylation sites is 1. The summed E-state index contributed by atoms with van der Waals surface area (Å²) in [6.07, 6.45) is 6.20. The van der Waals surface area contributed by atoms with Gasteiger partial charge < -0.3 is 10.6 Å². The standard InChI is InChI=1S/C20H16F2N4OS/c1-2-11-4-3-5-16-18(11)24-20(28-16)25-19(27)17-14(21)8-13(9-15(17)22)26-7-6-12(23)10-26/h1,3-5,8-9,12H,6-7,10,23H2,(H,24,25,27). The van der Waals surface area contributed by atoms with Gasteiger partial charge in [-0.15, -0.1) is 6.42 Å². The SMILES string of the molecule is C#Cc1cccc2sc(NC(=O)c3c(F)cc(N4CCC(N)C4)cc3F)nc12. The van der Waals surface area contributed by atoms with E-state index in [-0.39, 0.29) is 11.2 Å². The summed E-state index contributed by atoms with van der Waals surface area (Å²) < 4.78 is 29.8. The van der Waals surface area contributed by atoms with Crippen molar-refractivity contribution in [2.75, 3.05) is 23.3 Å². The van der Waals surface area contributed by atoms with E-state index in [2.05, 4.69) is 16.2 Å². The first-order chi connectivity index (χ1) is 13.5. The van der Waals surface area contributed by atoms with Gasteiger partial charge in [0, 0.05) is 24.8 Å². The Morgan fingerprint density at radius 2 is 2.11 bits per heavy atom. The largest absolute Gasteiger partial charge is 0.370 e. The molecule has 0 radical (unpaired) electrons. The summed E-state index contributed by atoms with van der Waals surface area (Å²) in [6.45, 7) is 1.14. The molecule has 8 heteroatoms. The highest BCUT2D eigenvalue weighted by Gasteiger charge is 2.25. The van der Waals surface area contributed by atoms with Crippen LogP contribution >= 0.6 is 11.3 Å². The van der Waals surface area contributed by atoms with Crippen LogP contribution in [-0.4, -0.2) is 30.0 Å². The number of terminal acetylenes is 1. The maximum atomic E-state index is 14.5. The molecular weight excluding hydrogens is 382 g/mol. The van der Waals surface area contributed by atoms with Crippen molar-refractivity contribution in [3.63, 3.8) is 0 Å². The molecule has 1 saturated heterocycles. The number of amides is 1. The van der Waals surface area contributed by atoms with Crippen molar-refractivity contribution in [2.45, 2.75) is 12.5 Å². The van der Waals surface area contributed by atoms with Gasteiger partial charge in [0.1, 0.15) is 17.2 Å². The molecule has 2 heterocycles. The molecule has 28 heavy (non-hydrogen) atoms. The highest BCUT2D eigenvalue weighted by atomic mass is 32.1. The normalized spacial score (nSPS) is 16.4. The third-order valence-electron chi connectivity index (χ3n) is 4.64. The lowest BCUT2D eigenvalue weighted by Crippen LogP contribution is -2.26. The molecule has 1 atom stereocenters. The number of nitrogens with two attached hydrogens (primary N) is 1. The van der Waals surface area contributed by atoms with E-state index in [4.69, 9.17) is 12.2 Å². The third-order valence-corrected chi connectivity index (χ3v) is 5.57. The van der Waals surface area contributed by atoms with Crippen molar-refractivity contribution in [1.82, 2.24) is 4.98 Å². The van der Waals surface area contributed by atoms with Gasteiger partial charge in [0.05, 0.1) is 15.8 Å². The number of hydrogen-bond acceptors (Lipinski definition) is 5. The molecule has 3 N–H and O–H groups in total. The summed E-state index contributed by atoms with van der Waals surface area (Å²) in [5.41, 5.74) is 6.71. The minimum Gasteiger partial charge on any atom is -0.370 e. The number of nitrogens with one attached hydrogen (secondary N) is 1. The zero-order chi connectivity index (χ0) is 19.8. The van der Waals surface area contributed by atoms with Gasteiger partial charge in [0.2, 0.25) is 0 Å². The van der Waals surface area contributed by atoms with Crippen LogP contribution in [0.2, 0.25) is 0 Å². The minimum atomic E-state index is -0.932. The van der Waals surface area contributed by atoms with E-state index < -0.39 is 23.1 Å². The van der Waals surface area contributed by atoms with Gasteiger partial charge in [0.25, 0.3) is 5.91 Å². The van der Waals surface area contributed by atoms with Gasteiger partial charge >= 0.3 is 0 Å². The van der Waals surface area contributed by atoms with E-state index in [0.29, 0.717) is 29.9 Å². The van der Waals surface area contributed by atoms with Crippen molar-refractivity contribution in [1.29, 1.82) is 0 Å². The number of carbonyl (C=O) groups excluding carboxylic acids is 1. The molecule has 1 amide bonds. The van der Waals surface area contributed by atoms with E-state index in [1.165, 1.54) is 11.3 Å². The minimum absolute atomic E-state index is 0.0268. The number of aromatic nitrogens is 1. The fourth-order valence-corrected chi connectivity index (χ4v) is 4.15. The van der Waals surface area contributed by atoms with Crippen molar-refractivity contribution >= 4 is 38.3 Å². The number of nitrogens with zero attached hydrogens (tertiary/aromatic N) is 2. The lowest BCUT2D eigenvalue weighted by atomic mass is 10.1. The fraction of sp³-hybridized carbons (Fsp3) is 0.200. The number of thiazole rings is 1. The van der Waals surface area contributed by atoms with Crippen LogP contribution in [0.5, 0.6) is 0 Å². The Bertz CT molecular complexity index is 1100. The molecule has 0 bridgehead atoms. The number of hydrogen-bond donors (Lipinski definition) is 2. The van der Waals surface area contributed by atoms with Crippen LogP contribution in [0.15, 0.2) is 30.3 Å². The Morgan fingerprint density at radius 1 is 1.36 bits per heavy atom. The molecule has 1 unspecified atom stereocenters. The van der Waals surface area contributed by atoms with Crippen LogP contribution in [0.25, 0.3) is 10.2 Å². The molecule has 142 valence electrons. The van der Waals surface area contributed by atoms with Crippen LogP contribution in [0.3, 0.4) is 0 Å². The zero-order valence-electron chi connectivity index (χ0n) is 14.7. The van der Waals surface area contributed by atoms with E-state index in [9.17, 15) is 13.6 Å². The smallest absolute Gasteiger partial charge is 0.263 e. The molecule has 5 nitrogen and oxygen atoms in total. The number of anilines is 2. The summed E-state index contributed by atoms with van der Waals surface area (Å²) in [4.78, 5) is 18.5. The first-order valence-electron chi connectivity index (χ1n) is 8.63. The molecule has 4 rings (SSSR count). The zero-order valence-corrected chi connectivity index (χ0v) is 15.5. The summed E-state index contributed by atoms with van der Waals surface area (Å²) in [6, 6.07) is 7.61. The molecular formula is C20H16F2N4OS. The van der Waals surface area contributed by atoms with Gasteiger partial charge in [-0.3, -0.25) is 10.1 Å². The number of benzene rings is 2. The van der Waals surface area contributed by atoms with Gasteiger partial charge in [-0.2, -0.15) is 0 Å². The summed E-state index contributed by atoms with van der Waals surface area (Å²) in [5.74, 6) is -0.246. The fourth-order valence-electron chi connectivity index (χ4n) is 3.26. The first kappa shape index (κ1) is 18.3. The Kier molecular flexibility index (Phi) is 4.71. The number of halogens is 2. The van der Waals surface area contributed by atoms with Crippen LogP contribution in [-0.2, 0) is 0 Å². The van der Waals surface area contributed by atoms with Crippen molar-refractivity contribution < 1.29 is 13.6 Å². The average Bonchev–Trinajstić information content (AvgIpc) is 3.26. The molecule has 2 aromatic carbocycles. The lowest BCUT2D eigenvalue weighted by Gasteiger charge is -2.19. The van der Waals surface area contributed by atoms with E-state index in [1.54, 1.807) is 23.1 Å². The molecule has 0 spiro atoms. The van der Waals surface area contributed by atoms with Crippen molar-refractivity contribution in [3.8, 4) is 12.3 Å². The molecule has 1 fully saturated rings. The Balaban J connectivity index is 1.61. The maximum Gasteiger partial charge on any atom is 0.263 e. The van der Waals surface area contributed by atoms with E-state index in [1.807, 2.05) is 0 Å². The van der Waals surface area contributed by atoms with Gasteiger partial charge in [-0.1, -0.05) is 23.3 Å². The quantitative estimate of drug-likeness (QED) is 0.664.